The van der Waals surface area contributed by atoms with Gasteiger partial charge in [-0.15, -0.1) is 0 Å². The number of nitrogens with one attached hydrogen (secondary N) is 4. The summed E-state index contributed by atoms with van der Waals surface area (Å²) in [6.45, 7) is 7.16. The largest absolute Gasteiger partial charge is 0.453 e. The number of hydrogen-bond acceptors (Lipinski definition) is 10. The lowest BCUT2D eigenvalue weighted by molar-refractivity contribution is -0.169. The number of methoxy groups -OCH3 is 2. The molecule has 0 bridgehead atoms. The minimum Gasteiger partial charge on any atom is -0.453 e. The topological polar surface area (TPSA) is 193 Å². The molecule has 2 saturated heterocycles. The number of likely N-dealkylation sites (tertiary alicyclic amines) is 1. The molecule has 0 saturated carbocycles. The monoisotopic (exact) mass is 856 g/mol. The molecule has 8 rings (SSSR count). The maximum atomic E-state index is 14.0. The van der Waals surface area contributed by atoms with Crippen LogP contribution in [0.4, 0.5) is 9.59 Å². The van der Waals surface area contributed by atoms with Crippen LogP contribution in [0.3, 0.4) is 0 Å². The van der Waals surface area contributed by atoms with Gasteiger partial charge in [0, 0.05) is 11.9 Å². The summed E-state index contributed by atoms with van der Waals surface area (Å²) in [6, 6.07) is 25.7. The third kappa shape index (κ3) is 9.22. The van der Waals surface area contributed by atoms with Crippen LogP contribution in [-0.4, -0.2) is 106 Å². The minimum absolute atomic E-state index is 0.131. The Balaban J connectivity index is 0.988. The van der Waals surface area contributed by atoms with Crippen molar-refractivity contribution >= 4 is 45.8 Å². The van der Waals surface area contributed by atoms with Gasteiger partial charge in [-0.3, -0.25) is 9.59 Å². The van der Waals surface area contributed by atoms with Crippen LogP contribution in [0, 0.1) is 5.92 Å². The molecule has 16 nitrogen and oxygen atoms in total. The number of benzene rings is 4. The molecule has 4 N–H and O–H groups in total. The predicted octanol–water partition coefficient (Wildman–Crippen LogP) is 7.01. The van der Waals surface area contributed by atoms with Crippen molar-refractivity contribution < 1.29 is 38.1 Å². The van der Waals surface area contributed by atoms with E-state index in [1.807, 2.05) is 68.4 Å². The fourth-order valence-corrected chi connectivity index (χ4v) is 8.48. The van der Waals surface area contributed by atoms with Crippen molar-refractivity contribution in [2.45, 2.75) is 64.1 Å². The molecule has 4 aromatic carbocycles. The number of fused-ring (bicyclic) bond motifs is 3. The molecule has 6 aromatic rings. The quantitative estimate of drug-likeness (QED) is 0.0940. The van der Waals surface area contributed by atoms with Crippen LogP contribution in [0.2, 0.25) is 0 Å². The SMILES string of the molecule is COC(=O)N[C@H](C(=O)N(Cc1nc2c(ccc3cc(-c4ccc(-c5cnc([C@@H]6CCCN6C(=O)[C@H](NC(=O)OC)c6ccccc6)[nH]5)cc4)ccc32)[nH]1)CC1(C)OCCO1)C(C)C. The molecule has 328 valence electrons. The van der Waals surface area contributed by atoms with Gasteiger partial charge < -0.3 is 49.3 Å². The zero-order chi connectivity index (χ0) is 44.3. The number of carbonyl (C=O) groups excluding carboxylic acids is 4. The highest BCUT2D eigenvalue weighted by molar-refractivity contribution is 6.05. The number of hydrogen-bond donors (Lipinski definition) is 4. The molecule has 2 fully saturated rings. The van der Waals surface area contributed by atoms with Crippen molar-refractivity contribution in [3.8, 4) is 22.4 Å². The van der Waals surface area contributed by atoms with Gasteiger partial charge >= 0.3 is 12.2 Å². The Hall–Kier alpha value is -6.78. The number of amides is 4. The Morgan fingerprint density at radius 3 is 2.30 bits per heavy atom. The van der Waals surface area contributed by atoms with Gasteiger partial charge in [0.25, 0.3) is 5.91 Å². The highest BCUT2D eigenvalue weighted by Gasteiger charge is 2.39. The smallest absolute Gasteiger partial charge is 0.407 e. The first-order valence-corrected chi connectivity index (χ1v) is 21.1. The van der Waals surface area contributed by atoms with E-state index in [0.29, 0.717) is 37.0 Å². The van der Waals surface area contributed by atoms with Gasteiger partial charge in [0.05, 0.1) is 69.5 Å². The Morgan fingerprint density at radius 1 is 0.889 bits per heavy atom. The standard InChI is InChI=1S/C47H52N8O8/c1-28(2)39(52-45(58)60-4)43(56)54(27-47(3)62-22-23-63-47)26-38-49-35-20-18-33-24-32(17-19-34(33)41(35)51-38)29-13-15-30(16-14-29)36-25-48-42(50-36)37-12-9-21-55(37)44(57)40(53-46(59)61-5)31-10-7-6-8-11-31/h6-8,10-11,13-20,24-25,28,37,39-40H,9,12,21-23,26-27H2,1-5H3,(H,48,50)(H,49,51)(H,52,58)(H,53,59)/t37-,39-,40+/m0/s1. The van der Waals surface area contributed by atoms with Gasteiger partial charge in [-0.1, -0.05) is 86.6 Å². The van der Waals surface area contributed by atoms with Crippen LogP contribution in [-0.2, 0) is 35.1 Å². The molecule has 2 aromatic heterocycles. The van der Waals surface area contributed by atoms with Gasteiger partial charge in [-0.05, 0) is 65.5 Å². The summed E-state index contributed by atoms with van der Waals surface area (Å²) in [6.07, 6.45) is 1.97. The number of imidazole rings is 2. The number of alkyl carbamates (subject to hydrolysis) is 2. The first-order chi connectivity index (χ1) is 30.4. The fraction of sp³-hybridized carbons (Fsp3) is 0.362. The zero-order valence-electron chi connectivity index (χ0n) is 36.0. The molecular formula is C47H52N8O8. The molecule has 4 heterocycles. The average Bonchev–Trinajstić information content (AvgIpc) is 4.14. The van der Waals surface area contributed by atoms with Crippen molar-refractivity contribution in [2.24, 2.45) is 5.92 Å². The highest BCUT2D eigenvalue weighted by Crippen LogP contribution is 2.35. The first-order valence-electron chi connectivity index (χ1n) is 21.1. The average molecular weight is 857 g/mol. The van der Waals surface area contributed by atoms with Gasteiger partial charge in [-0.2, -0.15) is 0 Å². The van der Waals surface area contributed by atoms with E-state index in [9.17, 15) is 19.2 Å². The van der Waals surface area contributed by atoms with Crippen LogP contribution in [0.25, 0.3) is 44.2 Å². The van der Waals surface area contributed by atoms with E-state index in [-0.39, 0.29) is 36.9 Å². The van der Waals surface area contributed by atoms with Crippen molar-refractivity contribution in [3.05, 3.63) is 108 Å². The van der Waals surface area contributed by atoms with E-state index >= 15 is 0 Å². The summed E-state index contributed by atoms with van der Waals surface area (Å²) < 4.78 is 21.4. The lowest BCUT2D eigenvalue weighted by Crippen LogP contribution is -2.54. The fourth-order valence-electron chi connectivity index (χ4n) is 8.48. The lowest BCUT2D eigenvalue weighted by Gasteiger charge is -2.34. The van der Waals surface area contributed by atoms with E-state index in [1.165, 1.54) is 14.2 Å². The molecule has 4 amide bonds. The summed E-state index contributed by atoms with van der Waals surface area (Å²) in [7, 11) is 2.54. The molecule has 2 aliphatic rings. The number of ether oxygens (including phenoxy) is 4. The second-order valence-corrected chi connectivity index (χ2v) is 16.4. The molecule has 3 atom stereocenters. The van der Waals surface area contributed by atoms with Crippen molar-refractivity contribution in [3.63, 3.8) is 0 Å². The Morgan fingerprint density at radius 2 is 1.59 bits per heavy atom. The minimum atomic E-state index is -1.00. The van der Waals surface area contributed by atoms with Gasteiger partial charge in [-0.25, -0.2) is 19.6 Å². The second-order valence-electron chi connectivity index (χ2n) is 16.4. The summed E-state index contributed by atoms with van der Waals surface area (Å²) in [4.78, 5) is 72.4. The number of nitrogens with zero attached hydrogens (tertiary/aromatic N) is 4. The van der Waals surface area contributed by atoms with Gasteiger partial charge in [0.2, 0.25) is 5.91 Å². The molecular weight excluding hydrogens is 805 g/mol. The predicted molar refractivity (Wildman–Crippen MR) is 235 cm³/mol. The summed E-state index contributed by atoms with van der Waals surface area (Å²) >= 11 is 0. The third-order valence-electron chi connectivity index (χ3n) is 11.7. The molecule has 0 unspecified atom stereocenters. The highest BCUT2D eigenvalue weighted by atomic mass is 16.7. The number of aromatic amines is 2. The van der Waals surface area contributed by atoms with Crippen molar-refractivity contribution in [1.29, 1.82) is 0 Å². The van der Waals surface area contributed by atoms with E-state index in [4.69, 9.17) is 28.9 Å². The molecule has 16 heteroatoms. The van der Waals surface area contributed by atoms with Crippen LogP contribution in [0.5, 0.6) is 0 Å². The van der Waals surface area contributed by atoms with Crippen LogP contribution in [0.15, 0.2) is 91.1 Å². The number of carbonyl (C=O) groups is 4. The van der Waals surface area contributed by atoms with Crippen molar-refractivity contribution in [1.82, 2.24) is 40.4 Å². The molecule has 63 heavy (non-hydrogen) atoms. The summed E-state index contributed by atoms with van der Waals surface area (Å²) in [5, 5.41) is 7.36. The van der Waals surface area contributed by atoms with E-state index < -0.39 is 30.1 Å². The lowest BCUT2D eigenvalue weighted by atomic mass is 9.99. The third-order valence-corrected chi connectivity index (χ3v) is 11.7. The maximum absolute atomic E-state index is 14.0. The zero-order valence-corrected chi connectivity index (χ0v) is 36.0. The summed E-state index contributed by atoms with van der Waals surface area (Å²) in [5.41, 5.74) is 6.11. The first kappa shape index (κ1) is 42.9. The van der Waals surface area contributed by atoms with Gasteiger partial charge in [0.15, 0.2) is 5.79 Å². The van der Waals surface area contributed by atoms with Crippen LogP contribution < -0.4 is 10.6 Å². The molecule has 0 aliphatic carbocycles. The maximum Gasteiger partial charge on any atom is 0.407 e. The Kier molecular flexibility index (Phi) is 12.4. The number of rotatable bonds is 13. The normalized spacial score (nSPS) is 16.9. The molecule has 2 aliphatic heterocycles. The van der Waals surface area contributed by atoms with E-state index in [0.717, 1.165) is 57.0 Å². The van der Waals surface area contributed by atoms with E-state index in [2.05, 4.69) is 50.9 Å². The molecule has 0 spiro atoms. The second kappa shape index (κ2) is 18.3. The van der Waals surface area contributed by atoms with Crippen LogP contribution in [0.1, 0.15) is 62.9 Å². The van der Waals surface area contributed by atoms with Gasteiger partial charge in [0.1, 0.15) is 23.7 Å². The van der Waals surface area contributed by atoms with Crippen molar-refractivity contribution in [2.75, 3.05) is 40.5 Å². The number of H-pyrrole nitrogens is 2. The summed E-state index contributed by atoms with van der Waals surface area (Å²) in [5.74, 6) is -0.482. The van der Waals surface area contributed by atoms with E-state index in [1.54, 1.807) is 22.9 Å². The molecule has 0 radical (unpaired) electrons. The number of aromatic nitrogens is 4. The Bertz CT molecular complexity index is 2600. The van der Waals surface area contributed by atoms with Crippen LogP contribution >= 0.6 is 0 Å². The Labute approximate surface area is 364 Å².